The number of rotatable bonds is 5. The number of hydroxylamine groups is 2. The molecule has 1 unspecified atom stereocenters. The molecule has 0 radical (unpaired) electrons. The summed E-state index contributed by atoms with van der Waals surface area (Å²) in [4.78, 5) is 15.0. The van der Waals surface area contributed by atoms with Crippen LogP contribution in [0.5, 0.6) is 0 Å². The van der Waals surface area contributed by atoms with E-state index in [0.29, 0.717) is 12.7 Å². The quantitative estimate of drug-likeness (QED) is 0.831. The van der Waals surface area contributed by atoms with Gasteiger partial charge in [0, 0.05) is 18.8 Å². The Balaban J connectivity index is 1.67. The lowest BCUT2D eigenvalue weighted by Gasteiger charge is -2.41. The summed E-state index contributed by atoms with van der Waals surface area (Å²) in [5.41, 5.74) is 3.59. The molecule has 0 aromatic rings. The molecule has 1 fully saturated rings. The molecule has 1 N–H and O–H groups in total. The molecule has 1 atom stereocenters. The molecule has 3 aliphatic heterocycles. The summed E-state index contributed by atoms with van der Waals surface area (Å²) >= 11 is 0. The number of nitrogens with zero attached hydrogens (tertiary/aromatic N) is 4. The third-order valence-electron chi connectivity index (χ3n) is 5.51. The SMILES string of the molecule is CCCN1C=C(C)C(NC2CCCC2)C2=C1N1CN(OC)C=C1C=N2. The van der Waals surface area contributed by atoms with Crippen LogP contribution in [0.2, 0.25) is 0 Å². The van der Waals surface area contributed by atoms with E-state index in [2.05, 4.69) is 35.2 Å². The van der Waals surface area contributed by atoms with Crippen LogP contribution in [0.3, 0.4) is 0 Å². The van der Waals surface area contributed by atoms with Crippen LogP contribution >= 0.6 is 0 Å². The highest BCUT2D eigenvalue weighted by Crippen LogP contribution is 2.36. The van der Waals surface area contributed by atoms with Crippen molar-refractivity contribution in [2.45, 2.75) is 58.0 Å². The van der Waals surface area contributed by atoms with Crippen LogP contribution in [-0.2, 0) is 4.84 Å². The number of fused-ring (bicyclic) bond motifs is 2. The van der Waals surface area contributed by atoms with Gasteiger partial charge in [-0.15, -0.1) is 0 Å². The summed E-state index contributed by atoms with van der Waals surface area (Å²) in [5.74, 6) is 1.20. The minimum atomic E-state index is 0.209. The van der Waals surface area contributed by atoms with Crippen molar-refractivity contribution in [2.24, 2.45) is 4.99 Å². The molecule has 0 aromatic heterocycles. The van der Waals surface area contributed by atoms with Gasteiger partial charge in [-0.1, -0.05) is 19.8 Å². The Kier molecular flexibility index (Phi) is 4.56. The lowest BCUT2D eigenvalue weighted by molar-refractivity contribution is -0.0968. The number of nitrogens with one attached hydrogen (secondary N) is 1. The Bertz CT molecular complexity index is 644. The zero-order chi connectivity index (χ0) is 17.4. The van der Waals surface area contributed by atoms with Crippen LogP contribution < -0.4 is 5.32 Å². The summed E-state index contributed by atoms with van der Waals surface area (Å²) in [6.45, 7) is 6.16. The molecule has 3 heterocycles. The number of hydrogen-bond acceptors (Lipinski definition) is 6. The van der Waals surface area contributed by atoms with Gasteiger partial charge >= 0.3 is 0 Å². The fourth-order valence-electron chi connectivity index (χ4n) is 4.27. The molecule has 4 rings (SSSR count). The van der Waals surface area contributed by atoms with E-state index in [1.807, 2.05) is 17.5 Å². The Morgan fingerprint density at radius 2 is 2.08 bits per heavy atom. The van der Waals surface area contributed by atoms with Crippen molar-refractivity contribution in [3.63, 3.8) is 0 Å². The smallest absolute Gasteiger partial charge is 0.138 e. The van der Waals surface area contributed by atoms with Crippen LogP contribution in [0.25, 0.3) is 0 Å². The molecule has 0 aromatic carbocycles. The van der Waals surface area contributed by atoms with Gasteiger partial charge in [0.15, 0.2) is 0 Å². The van der Waals surface area contributed by atoms with Gasteiger partial charge in [0.05, 0.1) is 31.3 Å². The zero-order valence-corrected chi connectivity index (χ0v) is 15.5. The van der Waals surface area contributed by atoms with Gasteiger partial charge < -0.3 is 15.1 Å². The van der Waals surface area contributed by atoms with E-state index < -0.39 is 0 Å². The molecule has 0 bridgehead atoms. The molecule has 0 saturated heterocycles. The first kappa shape index (κ1) is 16.7. The number of aliphatic imine (C=N–C) groups is 1. The highest BCUT2D eigenvalue weighted by Gasteiger charge is 2.37. The Morgan fingerprint density at radius 3 is 2.80 bits per heavy atom. The van der Waals surface area contributed by atoms with E-state index in [9.17, 15) is 0 Å². The lowest BCUT2D eigenvalue weighted by atomic mass is 9.99. The van der Waals surface area contributed by atoms with E-state index in [-0.39, 0.29) is 6.04 Å². The van der Waals surface area contributed by atoms with Crippen LogP contribution in [0, 0.1) is 0 Å². The maximum Gasteiger partial charge on any atom is 0.138 e. The fourth-order valence-corrected chi connectivity index (χ4v) is 4.27. The molecule has 6 heteroatoms. The van der Waals surface area contributed by atoms with Gasteiger partial charge in [-0.25, -0.2) is 5.06 Å². The van der Waals surface area contributed by atoms with Crippen molar-refractivity contribution in [2.75, 3.05) is 20.3 Å². The van der Waals surface area contributed by atoms with Gasteiger partial charge in [-0.05, 0) is 31.8 Å². The van der Waals surface area contributed by atoms with Gasteiger partial charge in [0.25, 0.3) is 0 Å². The van der Waals surface area contributed by atoms with Crippen LogP contribution in [0.1, 0.15) is 46.0 Å². The Labute approximate surface area is 150 Å². The van der Waals surface area contributed by atoms with E-state index in [4.69, 9.17) is 9.83 Å². The monoisotopic (exact) mass is 343 g/mol. The number of hydrogen-bond donors (Lipinski definition) is 1. The lowest BCUT2D eigenvalue weighted by Crippen LogP contribution is -2.47. The van der Waals surface area contributed by atoms with Gasteiger partial charge in [-0.2, -0.15) is 0 Å². The van der Waals surface area contributed by atoms with Crippen molar-refractivity contribution in [1.82, 2.24) is 20.2 Å². The highest BCUT2D eigenvalue weighted by atomic mass is 16.7. The van der Waals surface area contributed by atoms with Crippen LogP contribution in [0.15, 0.2) is 40.2 Å². The largest absolute Gasteiger partial charge is 0.333 e. The molecule has 6 nitrogen and oxygen atoms in total. The Hall–Kier alpha value is -1.79. The predicted octanol–water partition coefficient (Wildman–Crippen LogP) is 2.75. The summed E-state index contributed by atoms with van der Waals surface area (Å²) in [7, 11) is 1.71. The molecular weight excluding hydrogens is 314 g/mol. The summed E-state index contributed by atoms with van der Waals surface area (Å²) in [5, 5.41) is 5.73. The molecular formula is C19H29N5O. The van der Waals surface area contributed by atoms with Gasteiger partial charge in [-0.3, -0.25) is 9.83 Å². The minimum Gasteiger partial charge on any atom is -0.333 e. The van der Waals surface area contributed by atoms with Crippen LogP contribution in [-0.4, -0.2) is 53.5 Å². The van der Waals surface area contributed by atoms with E-state index in [0.717, 1.165) is 24.4 Å². The van der Waals surface area contributed by atoms with E-state index >= 15 is 0 Å². The molecule has 1 saturated carbocycles. The third-order valence-corrected chi connectivity index (χ3v) is 5.51. The molecule has 25 heavy (non-hydrogen) atoms. The van der Waals surface area contributed by atoms with Crippen molar-refractivity contribution >= 4 is 6.21 Å². The normalized spacial score (nSPS) is 26.2. The van der Waals surface area contributed by atoms with E-state index in [1.165, 1.54) is 37.1 Å². The van der Waals surface area contributed by atoms with Crippen molar-refractivity contribution in [3.8, 4) is 0 Å². The average molecular weight is 343 g/mol. The molecule has 4 aliphatic rings. The summed E-state index contributed by atoms with van der Waals surface area (Å²) in [6, 6.07) is 0.821. The van der Waals surface area contributed by atoms with Gasteiger partial charge in [0.1, 0.15) is 18.2 Å². The predicted molar refractivity (Wildman–Crippen MR) is 99.1 cm³/mol. The maximum atomic E-state index is 5.42. The van der Waals surface area contributed by atoms with Crippen molar-refractivity contribution in [3.05, 3.63) is 35.2 Å². The second kappa shape index (κ2) is 6.84. The van der Waals surface area contributed by atoms with Crippen molar-refractivity contribution < 1.29 is 4.84 Å². The molecule has 1 aliphatic carbocycles. The maximum absolute atomic E-state index is 5.42. The topological polar surface area (TPSA) is 43.3 Å². The molecule has 0 spiro atoms. The molecule has 0 amide bonds. The van der Waals surface area contributed by atoms with E-state index in [1.54, 1.807) is 7.11 Å². The first-order valence-corrected chi connectivity index (χ1v) is 9.50. The van der Waals surface area contributed by atoms with Crippen molar-refractivity contribution in [1.29, 1.82) is 0 Å². The Morgan fingerprint density at radius 1 is 1.28 bits per heavy atom. The second-order valence-electron chi connectivity index (χ2n) is 7.34. The average Bonchev–Trinajstić information content (AvgIpc) is 3.26. The summed E-state index contributed by atoms with van der Waals surface area (Å²) in [6.07, 6.45) is 12.6. The first-order valence-electron chi connectivity index (χ1n) is 9.50. The van der Waals surface area contributed by atoms with Gasteiger partial charge in [0.2, 0.25) is 0 Å². The standard InChI is InChI=1S/C19H29N5O/c1-4-9-22-11-14(2)17(21-15-7-5-6-8-15)18-19(22)24-13-23(25-3)12-16(24)10-20-18/h10-12,15,17,21H,4-9,13H2,1-3H3. The van der Waals surface area contributed by atoms with Crippen LogP contribution in [0.4, 0.5) is 0 Å². The summed E-state index contributed by atoms with van der Waals surface area (Å²) < 4.78 is 0. The third kappa shape index (κ3) is 2.98. The minimum absolute atomic E-state index is 0.209. The molecule has 136 valence electrons. The zero-order valence-electron chi connectivity index (χ0n) is 15.5. The second-order valence-corrected chi connectivity index (χ2v) is 7.34. The first-order chi connectivity index (χ1) is 12.2. The fraction of sp³-hybridized carbons (Fsp3) is 0.632. The number of allylic oxidation sites excluding steroid dienone is 1. The highest BCUT2D eigenvalue weighted by molar-refractivity contribution is 5.81.